The number of aromatic nitrogens is 2. The Labute approximate surface area is 173 Å². The number of nitrogens with one attached hydrogen (secondary N) is 3. The highest BCUT2D eigenvalue weighted by atomic mass is 16.5. The standard InChI is InChI=1S/C20H23N5O5/c1-27-11-5-7-13(15(9-11)29-3)22-19-17(18(21)24-25-19)20(26)23-14-8-6-12(28-2)10-16(14)30-4/h5-10H,1-4H3,(H,23,26)(H4,21,22,24,25). The van der Waals surface area contributed by atoms with Crippen molar-refractivity contribution in [2.24, 2.45) is 0 Å². The van der Waals surface area contributed by atoms with Gasteiger partial charge in [0.15, 0.2) is 5.82 Å². The Balaban J connectivity index is 1.88. The fraction of sp³-hybridized carbons (Fsp3) is 0.200. The lowest BCUT2D eigenvalue weighted by Gasteiger charge is -2.13. The van der Waals surface area contributed by atoms with Crippen LogP contribution in [0.15, 0.2) is 36.4 Å². The van der Waals surface area contributed by atoms with Crippen LogP contribution in [0, 0.1) is 0 Å². The van der Waals surface area contributed by atoms with Gasteiger partial charge in [-0.05, 0) is 24.3 Å². The van der Waals surface area contributed by atoms with Gasteiger partial charge in [-0.15, -0.1) is 0 Å². The van der Waals surface area contributed by atoms with E-state index in [-0.39, 0.29) is 17.2 Å². The molecule has 0 aliphatic heterocycles. The van der Waals surface area contributed by atoms with Crippen LogP contribution in [0.25, 0.3) is 0 Å². The summed E-state index contributed by atoms with van der Waals surface area (Å²) >= 11 is 0. The van der Waals surface area contributed by atoms with Gasteiger partial charge in [0, 0.05) is 12.1 Å². The number of nitrogens with zero attached hydrogens (tertiary/aromatic N) is 1. The highest BCUT2D eigenvalue weighted by molar-refractivity contribution is 6.11. The number of rotatable bonds is 8. The molecule has 1 amide bonds. The van der Waals surface area contributed by atoms with Crippen LogP contribution in [0.1, 0.15) is 10.4 Å². The van der Waals surface area contributed by atoms with Gasteiger partial charge in [0.05, 0.1) is 39.8 Å². The molecule has 2 aromatic carbocycles. The molecule has 0 fully saturated rings. The Hall–Kier alpha value is -4.08. The Morgan fingerprint density at radius 3 is 2.03 bits per heavy atom. The van der Waals surface area contributed by atoms with Gasteiger partial charge in [0.25, 0.3) is 5.91 Å². The number of hydrogen-bond acceptors (Lipinski definition) is 8. The number of nitrogen functional groups attached to an aromatic ring is 1. The maximum atomic E-state index is 13.0. The van der Waals surface area contributed by atoms with E-state index in [0.717, 1.165) is 0 Å². The zero-order valence-corrected chi connectivity index (χ0v) is 17.0. The van der Waals surface area contributed by atoms with Crippen LogP contribution in [0.5, 0.6) is 23.0 Å². The summed E-state index contributed by atoms with van der Waals surface area (Å²) in [5.41, 5.74) is 7.14. The lowest BCUT2D eigenvalue weighted by molar-refractivity contribution is 0.102. The van der Waals surface area contributed by atoms with Gasteiger partial charge in [-0.25, -0.2) is 0 Å². The predicted octanol–water partition coefficient (Wildman–Crippen LogP) is 3.02. The Morgan fingerprint density at radius 1 is 0.900 bits per heavy atom. The number of amides is 1. The van der Waals surface area contributed by atoms with Crippen molar-refractivity contribution < 1.29 is 23.7 Å². The third-order valence-corrected chi connectivity index (χ3v) is 4.34. The normalized spacial score (nSPS) is 10.3. The van der Waals surface area contributed by atoms with E-state index in [0.29, 0.717) is 34.4 Å². The first-order valence-electron chi connectivity index (χ1n) is 8.87. The SMILES string of the molecule is COc1ccc(NC(=O)c2c(Nc3ccc(OC)cc3OC)n[nH]c2N)c(OC)c1. The lowest BCUT2D eigenvalue weighted by Crippen LogP contribution is -2.15. The minimum atomic E-state index is -0.473. The van der Waals surface area contributed by atoms with E-state index < -0.39 is 5.91 Å². The van der Waals surface area contributed by atoms with Crippen molar-refractivity contribution in [2.45, 2.75) is 0 Å². The minimum Gasteiger partial charge on any atom is -0.497 e. The molecule has 10 nitrogen and oxygen atoms in total. The maximum Gasteiger partial charge on any atom is 0.263 e. The number of carbonyl (C=O) groups excluding carboxylic acids is 1. The lowest BCUT2D eigenvalue weighted by atomic mass is 10.2. The van der Waals surface area contributed by atoms with Crippen molar-refractivity contribution in [2.75, 3.05) is 44.8 Å². The van der Waals surface area contributed by atoms with Gasteiger partial charge in [-0.2, -0.15) is 5.10 Å². The molecule has 0 atom stereocenters. The fourth-order valence-electron chi connectivity index (χ4n) is 2.79. The van der Waals surface area contributed by atoms with E-state index in [4.69, 9.17) is 24.7 Å². The number of anilines is 4. The van der Waals surface area contributed by atoms with Crippen LogP contribution >= 0.6 is 0 Å². The molecule has 0 radical (unpaired) electrons. The van der Waals surface area contributed by atoms with Crippen LogP contribution in [0.4, 0.5) is 23.0 Å². The van der Waals surface area contributed by atoms with Crippen molar-refractivity contribution in [1.29, 1.82) is 0 Å². The molecule has 30 heavy (non-hydrogen) atoms. The smallest absolute Gasteiger partial charge is 0.263 e. The quantitative estimate of drug-likeness (QED) is 0.443. The molecule has 5 N–H and O–H groups in total. The summed E-state index contributed by atoms with van der Waals surface area (Å²) in [7, 11) is 6.14. The molecule has 10 heteroatoms. The summed E-state index contributed by atoms with van der Waals surface area (Å²) in [6, 6.07) is 10.2. The third-order valence-electron chi connectivity index (χ3n) is 4.34. The van der Waals surface area contributed by atoms with E-state index >= 15 is 0 Å². The molecule has 0 aliphatic rings. The number of benzene rings is 2. The first kappa shape index (κ1) is 20.6. The summed E-state index contributed by atoms with van der Waals surface area (Å²) < 4.78 is 21.1. The van der Waals surface area contributed by atoms with Crippen molar-refractivity contribution in [3.63, 3.8) is 0 Å². The average molecular weight is 413 g/mol. The van der Waals surface area contributed by atoms with E-state index in [1.807, 2.05) is 0 Å². The second-order valence-electron chi connectivity index (χ2n) is 6.07. The summed E-state index contributed by atoms with van der Waals surface area (Å²) in [6.07, 6.45) is 0. The van der Waals surface area contributed by atoms with Crippen LogP contribution in [-0.2, 0) is 0 Å². The van der Waals surface area contributed by atoms with Crippen molar-refractivity contribution in [3.05, 3.63) is 42.0 Å². The molecular formula is C20H23N5O5. The monoisotopic (exact) mass is 413 g/mol. The van der Waals surface area contributed by atoms with Gasteiger partial charge in [-0.3, -0.25) is 9.89 Å². The van der Waals surface area contributed by atoms with Gasteiger partial charge in [0.1, 0.15) is 34.4 Å². The molecule has 1 aromatic heterocycles. The molecule has 0 bridgehead atoms. The van der Waals surface area contributed by atoms with Gasteiger partial charge in [0.2, 0.25) is 0 Å². The van der Waals surface area contributed by atoms with Crippen LogP contribution in [0.2, 0.25) is 0 Å². The van der Waals surface area contributed by atoms with Crippen LogP contribution in [-0.4, -0.2) is 44.5 Å². The van der Waals surface area contributed by atoms with Gasteiger partial charge < -0.3 is 35.3 Å². The molecule has 0 aliphatic carbocycles. The number of H-pyrrole nitrogens is 1. The second-order valence-corrected chi connectivity index (χ2v) is 6.07. The van der Waals surface area contributed by atoms with E-state index in [1.165, 1.54) is 14.2 Å². The third kappa shape index (κ3) is 4.17. The molecule has 0 saturated carbocycles. The molecule has 3 rings (SSSR count). The second kappa shape index (κ2) is 8.95. The van der Waals surface area contributed by atoms with E-state index in [1.54, 1.807) is 50.6 Å². The summed E-state index contributed by atoms with van der Waals surface area (Å²) in [5, 5.41) is 12.6. The number of nitrogens with two attached hydrogens (primary N) is 1. The molecular weight excluding hydrogens is 390 g/mol. The molecule has 0 saturated heterocycles. The topological polar surface area (TPSA) is 133 Å². The number of ether oxygens (including phenoxy) is 4. The van der Waals surface area contributed by atoms with Crippen molar-refractivity contribution in [3.8, 4) is 23.0 Å². The predicted molar refractivity (Wildman–Crippen MR) is 113 cm³/mol. The maximum absolute atomic E-state index is 13.0. The highest BCUT2D eigenvalue weighted by Crippen LogP contribution is 2.34. The van der Waals surface area contributed by atoms with E-state index in [9.17, 15) is 4.79 Å². The largest absolute Gasteiger partial charge is 0.497 e. The van der Waals surface area contributed by atoms with Crippen LogP contribution < -0.4 is 35.3 Å². The molecule has 158 valence electrons. The van der Waals surface area contributed by atoms with Crippen molar-refractivity contribution >= 4 is 28.9 Å². The van der Waals surface area contributed by atoms with Gasteiger partial charge in [-0.1, -0.05) is 0 Å². The van der Waals surface area contributed by atoms with Crippen LogP contribution in [0.3, 0.4) is 0 Å². The fourth-order valence-corrected chi connectivity index (χ4v) is 2.79. The van der Waals surface area contributed by atoms with Crippen molar-refractivity contribution in [1.82, 2.24) is 10.2 Å². The Morgan fingerprint density at radius 2 is 1.47 bits per heavy atom. The zero-order valence-electron chi connectivity index (χ0n) is 17.0. The van der Waals surface area contributed by atoms with Gasteiger partial charge >= 0.3 is 0 Å². The number of hydrogen-bond donors (Lipinski definition) is 4. The Bertz CT molecular complexity index is 1050. The first-order valence-corrected chi connectivity index (χ1v) is 8.87. The summed E-state index contributed by atoms with van der Waals surface area (Å²) in [6.45, 7) is 0. The number of aromatic amines is 1. The number of methoxy groups -OCH3 is 4. The first-order chi connectivity index (χ1) is 14.5. The molecule has 0 unspecified atom stereocenters. The highest BCUT2D eigenvalue weighted by Gasteiger charge is 2.21. The molecule has 1 heterocycles. The average Bonchev–Trinajstić information content (AvgIpc) is 3.14. The zero-order chi connectivity index (χ0) is 21.7. The van der Waals surface area contributed by atoms with E-state index in [2.05, 4.69) is 20.8 Å². The molecule has 0 spiro atoms. The molecule has 3 aromatic rings. The number of carbonyl (C=O) groups is 1. The summed E-state index contributed by atoms with van der Waals surface area (Å²) in [4.78, 5) is 13.0. The summed E-state index contributed by atoms with van der Waals surface area (Å²) in [5.74, 6) is 2.05. The Kier molecular flexibility index (Phi) is 6.16. The minimum absolute atomic E-state index is 0.106.